The molecule has 0 aliphatic rings. The van der Waals surface area contributed by atoms with Crippen LogP contribution in [0.15, 0.2) is 54.7 Å². The van der Waals surface area contributed by atoms with Crippen LogP contribution < -0.4 is 11.3 Å². The van der Waals surface area contributed by atoms with E-state index < -0.39 is 77.8 Å². The molecule has 13 nitrogen and oxygen atoms in total. The van der Waals surface area contributed by atoms with Crippen molar-refractivity contribution in [1.29, 1.82) is 0 Å². The van der Waals surface area contributed by atoms with E-state index >= 15 is 0 Å². The maximum atomic E-state index is 14.9. The number of carbonyl (C=O) groups excluding carboxylic acids is 4. The van der Waals surface area contributed by atoms with Crippen molar-refractivity contribution in [2.24, 2.45) is 11.3 Å². The first-order valence-electron chi connectivity index (χ1n) is 15.9. The third-order valence-corrected chi connectivity index (χ3v) is 7.37. The summed E-state index contributed by atoms with van der Waals surface area (Å²) in [4.78, 5) is 58.2. The van der Waals surface area contributed by atoms with Gasteiger partial charge >= 0.3 is 18.2 Å². The number of aldehydes is 1. The van der Waals surface area contributed by atoms with Gasteiger partial charge in [0.1, 0.15) is 41.5 Å². The van der Waals surface area contributed by atoms with Gasteiger partial charge in [-0.3, -0.25) is 16.1 Å². The van der Waals surface area contributed by atoms with Crippen molar-refractivity contribution < 1.29 is 55.8 Å². The van der Waals surface area contributed by atoms with E-state index in [2.05, 4.69) is 15.2 Å². The van der Waals surface area contributed by atoms with Crippen LogP contribution >= 0.6 is 0 Å². The molecule has 0 aliphatic carbocycles. The standard InChI is InChI=1S/C34H41F5N6O7/c1-32(2,3)26(28-41-25(23-16-21(35)12-13-24(23)36)18-43(28)17-20-10-8-7-9-11-20)27(47)29(48)42-44(40)15-14-22(19-46)45(31(50)51-33(4,5)6)52-30(49)34(37,38)39/h7-13,16,18-19,22,26-27,47H,14-15,17,40H2,1-6H3,(H,42,48)/t22-,26-,27-/m0/s1. The molecule has 0 spiro atoms. The number of hydrazine groups is 2. The number of rotatable bonds is 12. The fourth-order valence-corrected chi connectivity index (χ4v) is 5.03. The quantitative estimate of drug-likeness (QED) is 0.102. The van der Waals surface area contributed by atoms with E-state index in [1.54, 1.807) is 43.5 Å². The lowest BCUT2D eigenvalue weighted by molar-refractivity contribution is -0.237. The highest BCUT2D eigenvalue weighted by Crippen LogP contribution is 2.39. The maximum absolute atomic E-state index is 14.9. The zero-order valence-corrected chi connectivity index (χ0v) is 29.3. The summed E-state index contributed by atoms with van der Waals surface area (Å²) < 4.78 is 74.5. The summed E-state index contributed by atoms with van der Waals surface area (Å²) in [6, 6.07) is 10.0. The Kier molecular flexibility index (Phi) is 13.2. The van der Waals surface area contributed by atoms with Gasteiger partial charge in [0.05, 0.1) is 11.6 Å². The zero-order valence-electron chi connectivity index (χ0n) is 29.3. The van der Waals surface area contributed by atoms with Crippen LogP contribution in [0.3, 0.4) is 0 Å². The number of aliphatic hydroxyl groups is 1. The first-order chi connectivity index (χ1) is 24.0. The molecule has 0 saturated carbocycles. The summed E-state index contributed by atoms with van der Waals surface area (Å²) in [5, 5.41) is 11.9. The molecule has 52 heavy (non-hydrogen) atoms. The molecule has 18 heteroatoms. The Morgan fingerprint density at radius 3 is 2.23 bits per heavy atom. The number of nitrogens with one attached hydrogen (secondary N) is 1. The van der Waals surface area contributed by atoms with Gasteiger partial charge in [0.25, 0.3) is 5.91 Å². The number of alkyl halides is 3. The van der Waals surface area contributed by atoms with Gasteiger partial charge in [0.2, 0.25) is 0 Å². The Bertz CT molecular complexity index is 1720. The number of benzene rings is 2. The lowest BCUT2D eigenvalue weighted by Crippen LogP contribution is -2.55. The Balaban J connectivity index is 1.88. The maximum Gasteiger partial charge on any atom is 0.493 e. The number of carbonyl (C=O) groups is 4. The Morgan fingerprint density at radius 1 is 1.04 bits per heavy atom. The van der Waals surface area contributed by atoms with Gasteiger partial charge in [-0.25, -0.2) is 23.4 Å². The predicted molar refractivity (Wildman–Crippen MR) is 175 cm³/mol. The average Bonchev–Trinajstić information content (AvgIpc) is 3.42. The molecule has 3 rings (SSSR count). The van der Waals surface area contributed by atoms with Gasteiger partial charge in [0, 0.05) is 24.8 Å². The molecule has 0 unspecified atom stereocenters. The number of nitrogens with zero attached hydrogens (tertiary/aromatic N) is 4. The molecular weight excluding hydrogens is 699 g/mol. The van der Waals surface area contributed by atoms with Crippen molar-refractivity contribution >= 4 is 24.3 Å². The second-order valence-corrected chi connectivity index (χ2v) is 13.9. The van der Waals surface area contributed by atoms with E-state index in [9.17, 15) is 46.2 Å². The van der Waals surface area contributed by atoms with Gasteiger partial charge in [-0.05, 0) is 56.4 Å². The Hall–Kier alpha value is -4.94. The normalized spacial score (nSPS) is 14.0. The summed E-state index contributed by atoms with van der Waals surface area (Å²) in [6.45, 7) is 8.91. The summed E-state index contributed by atoms with van der Waals surface area (Å²) >= 11 is 0. The Morgan fingerprint density at radius 2 is 1.67 bits per heavy atom. The van der Waals surface area contributed by atoms with Crippen LogP contribution in [0.2, 0.25) is 0 Å². The van der Waals surface area contributed by atoms with E-state index in [1.165, 1.54) is 27.0 Å². The predicted octanol–water partition coefficient (Wildman–Crippen LogP) is 4.79. The molecule has 0 radical (unpaired) electrons. The molecule has 284 valence electrons. The minimum Gasteiger partial charge on any atom is -0.442 e. The molecule has 0 saturated heterocycles. The van der Waals surface area contributed by atoms with Crippen molar-refractivity contribution in [1.82, 2.24) is 25.2 Å². The SMILES string of the molecule is CC(C)(C)OC(=O)N(OC(=O)C(F)(F)F)[C@H](C=O)CCN(N)NC(=O)[C@@H](O)[C@@H](c1nc(-c2cc(F)ccc2F)cn1Cc1ccccc1)C(C)(C)C. The molecule has 3 aromatic rings. The topological polar surface area (TPSA) is 169 Å². The van der Waals surface area contributed by atoms with Crippen LogP contribution in [0, 0.1) is 17.0 Å². The lowest BCUT2D eigenvalue weighted by atomic mass is 9.76. The van der Waals surface area contributed by atoms with Crippen LogP contribution in [0.1, 0.15) is 65.3 Å². The largest absolute Gasteiger partial charge is 0.493 e. The van der Waals surface area contributed by atoms with E-state index in [1.807, 2.05) is 12.1 Å². The van der Waals surface area contributed by atoms with E-state index in [-0.39, 0.29) is 35.0 Å². The van der Waals surface area contributed by atoms with Gasteiger partial charge in [-0.2, -0.15) is 18.3 Å². The molecule has 2 aromatic carbocycles. The summed E-state index contributed by atoms with van der Waals surface area (Å²) in [6.07, 6.45) is -8.10. The van der Waals surface area contributed by atoms with Gasteiger partial charge in [0.15, 0.2) is 0 Å². The van der Waals surface area contributed by atoms with Gasteiger partial charge < -0.3 is 24.0 Å². The molecular formula is C34H41F5N6O7. The van der Waals surface area contributed by atoms with Gasteiger partial charge in [-0.15, -0.1) is 5.06 Å². The van der Waals surface area contributed by atoms with E-state index in [0.29, 0.717) is 5.12 Å². The number of hydrogen-bond donors (Lipinski definition) is 3. The molecule has 0 bridgehead atoms. The van der Waals surface area contributed by atoms with E-state index in [0.717, 1.165) is 23.8 Å². The number of amides is 2. The lowest BCUT2D eigenvalue weighted by Gasteiger charge is -2.34. The third kappa shape index (κ3) is 11.3. The first kappa shape index (κ1) is 41.5. The highest BCUT2D eigenvalue weighted by Gasteiger charge is 2.45. The second-order valence-electron chi connectivity index (χ2n) is 13.9. The van der Waals surface area contributed by atoms with Crippen molar-refractivity contribution in [3.05, 3.63) is 77.8 Å². The first-order valence-corrected chi connectivity index (χ1v) is 15.9. The molecule has 2 amide bonds. The third-order valence-electron chi connectivity index (χ3n) is 7.37. The zero-order chi connectivity index (χ0) is 39.2. The minimum atomic E-state index is -5.52. The number of ether oxygens (including phenoxy) is 1. The van der Waals surface area contributed by atoms with Crippen LogP contribution in [0.5, 0.6) is 0 Å². The van der Waals surface area contributed by atoms with Crippen LogP contribution in [-0.4, -0.2) is 79.6 Å². The number of hydroxylamine groups is 2. The van der Waals surface area contributed by atoms with Crippen LogP contribution in [-0.2, 0) is 30.5 Å². The number of hydrogen-bond acceptors (Lipinski definition) is 10. The van der Waals surface area contributed by atoms with Crippen molar-refractivity contribution in [2.75, 3.05) is 6.54 Å². The summed E-state index contributed by atoms with van der Waals surface area (Å²) in [7, 11) is 0. The molecule has 4 N–H and O–H groups in total. The number of halogens is 5. The average molecular weight is 741 g/mol. The minimum absolute atomic E-state index is 0.0132. The fraction of sp³-hybridized carbons (Fsp3) is 0.441. The number of aliphatic hydroxyl groups excluding tert-OH is 1. The number of nitrogens with two attached hydrogens (primary N) is 1. The molecule has 3 atom stereocenters. The smallest absolute Gasteiger partial charge is 0.442 e. The highest BCUT2D eigenvalue weighted by atomic mass is 19.4. The van der Waals surface area contributed by atoms with E-state index in [4.69, 9.17) is 10.6 Å². The van der Waals surface area contributed by atoms with Crippen molar-refractivity contribution in [3.63, 3.8) is 0 Å². The van der Waals surface area contributed by atoms with Crippen molar-refractivity contribution in [2.45, 2.75) is 84.3 Å². The number of imidazole rings is 1. The van der Waals surface area contributed by atoms with Crippen molar-refractivity contribution in [3.8, 4) is 11.3 Å². The summed E-state index contributed by atoms with van der Waals surface area (Å²) in [5.41, 5.74) is 0.713. The molecule has 1 heterocycles. The van der Waals surface area contributed by atoms with Gasteiger partial charge in [-0.1, -0.05) is 51.1 Å². The second kappa shape index (κ2) is 16.6. The van der Waals surface area contributed by atoms with Crippen LogP contribution in [0.4, 0.5) is 26.7 Å². The molecule has 0 aliphatic heterocycles. The molecule has 1 aromatic heterocycles. The van der Waals surface area contributed by atoms with Crippen LogP contribution in [0.25, 0.3) is 11.3 Å². The fourth-order valence-electron chi connectivity index (χ4n) is 5.03. The highest BCUT2D eigenvalue weighted by molar-refractivity contribution is 5.81. The Labute approximate surface area is 296 Å². The number of aromatic nitrogens is 2. The monoisotopic (exact) mass is 740 g/mol. The molecule has 0 fully saturated rings. The summed E-state index contributed by atoms with van der Waals surface area (Å²) in [5.74, 6) is -0.405.